The lowest BCUT2D eigenvalue weighted by Gasteiger charge is -2.37. The molecule has 0 spiro atoms. The van der Waals surface area contributed by atoms with Gasteiger partial charge in [-0.05, 0) is 32.5 Å². The summed E-state index contributed by atoms with van der Waals surface area (Å²) < 4.78 is 10.5. The molecule has 0 amide bonds. The Labute approximate surface area is 140 Å². The summed E-state index contributed by atoms with van der Waals surface area (Å²) in [6.07, 6.45) is 0. The van der Waals surface area contributed by atoms with Gasteiger partial charge in [0.25, 0.3) is 0 Å². The maximum absolute atomic E-state index is 12.9. The largest absolute Gasteiger partial charge is 0.465 e. The van der Waals surface area contributed by atoms with Crippen molar-refractivity contribution in [2.75, 3.05) is 26.8 Å². The second kappa shape index (κ2) is 6.28. The van der Waals surface area contributed by atoms with Gasteiger partial charge in [0, 0.05) is 24.0 Å². The number of para-hydroxylation sites is 1. The summed E-state index contributed by atoms with van der Waals surface area (Å²) >= 11 is 0. The summed E-state index contributed by atoms with van der Waals surface area (Å²) in [7, 11) is 1.89. The molecule has 24 heavy (non-hydrogen) atoms. The highest BCUT2D eigenvalue weighted by atomic mass is 16.6. The molecule has 0 fully saturated rings. The molecular formula is C18H22N2O4. The number of fused-ring (bicyclic) bond motifs is 3. The van der Waals surface area contributed by atoms with Gasteiger partial charge in [-0.1, -0.05) is 18.2 Å². The number of hydrogen-bond acceptors (Lipinski definition) is 5. The highest BCUT2D eigenvalue weighted by molar-refractivity contribution is 6.08. The van der Waals surface area contributed by atoms with Crippen LogP contribution < -0.4 is 0 Å². The minimum absolute atomic E-state index is 0.208. The Kier molecular flexibility index (Phi) is 4.32. The van der Waals surface area contributed by atoms with E-state index >= 15 is 0 Å². The Bertz CT molecular complexity index is 762. The van der Waals surface area contributed by atoms with Crippen molar-refractivity contribution in [1.82, 2.24) is 9.88 Å². The minimum Gasteiger partial charge on any atom is -0.465 e. The Morgan fingerprint density at radius 3 is 2.42 bits per heavy atom. The van der Waals surface area contributed by atoms with E-state index in [-0.39, 0.29) is 19.8 Å². The summed E-state index contributed by atoms with van der Waals surface area (Å²) in [6.45, 7) is 4.76. The number of benzene rings is 1. The molecule has 6 nitrogen and oxygen atoms in total. The quantitative estimate of drug-likeness (QED) is 0.685. The van der Waals surface area contributed by atoms with Crippen molar-refractivity contribution in [3.05, 3.63) is 35.5 Å². The van der Waals surface area contributed by atoms with Gasteiger partial charge in [-0.25, -0.2) is 0 Å². The first-order valence-electron chi connectivity index (χ1n) is 8.17. The molecule has 0 atom stereocenters. The van der Waals surface area contributed by atoms with Gasteiger partial charge in [0.05, 0.1) is 18.9 Å². The molecule has 1 aliphatic heterocycles. The maximum atomic E-state index is 12.9. The van der Waals surface area contributed by atoms with E-state index in [1.807, 2.05) is 36.2 Å². The molecular weight excluding hydrogens is 308 g/mol. The van der Waals surface area contributed by atoms with E-state index < -0.39 is 17.4 Å². The highest BCUT2D eigenvalue weighted by Crippen LogP contribution is 2.39. The number of nitrogens with one attached hydrogen (secondary N) is 1. The molecule has 0 bridgehead atoms. The monoisotopic (exact) mass is 330 g/mol. The molecule has 0 saturated heterocycles. The molecule has 0 unspecified atom stereocenters. The zero-order valence-corrected chi connectivity index (χ0v) is 14.2. The van der Waals surface area contributed by atoms with Crippen LogP contribution in [0.25, 0.3) is 10.9 Å². The van der Waals surface area contributed by atoms with Gasteiger partial charge in [-0.3, -0.25) is 14.5 Å². The average Bonchev–Trinajstić information content (AvgIpc) is 2.93. The first kappa shape index (κ1) is 16.5. The van der Waals surface area contributed by atoms with Crippen molar-refractivity contribution in [3.8, 4) is 0 Å². The van der Waals surface area contributed by atoms with Crippen molar-refractivity contribution in [2.24, 2.45) is 0 Å². The zero-order chi connectivity index (χ0) is 17.3. The Morgan fingerprint density at radius 1 is 1.17 bits per heavy atom. The van der Waals surface area contributed by atoms with Gasteiger partial charge in [0.1, 0.15) is 0 Å². The van der Waals surface area contributed by atoms with Crippen molar-refractivity contribution in [1.29, 1.82) is 0 Å². The second-order valence-corrected chi connectivity index (χ2v) is 6.04. The molecule has 2 aromatic rings. The van der Waals surface area contributed by atoms with Crippen molar-refractivity contribution in [3.63, 3.8) is 0 Å². The van der Waals surface area contributed by atoms with Gasteiger partial charge in [0.2, 0.25) is 5.41 Å². The third kappa shape index (κ3) is 2.38. The number of aromatic nitrogens is 1. The number of aromatic amines is 1. The zero-order valence-electron chi connectivity index (χ0n) is 14.2. The van der Waals surface area contributed by atoms with Crippen LogP contribution in [0.2, 0.25) is 0 Å². The van der Waals surface area contributed by atoms with E-state index in [1.54, 1.807) is 13.8 Å². The SMILES string of the molecule is CCOC(=O)C1(C(=O)OCC)CN(C)Cc2c1[nH]c1ccccc21. The lowest BCUT2D eigenvalue weighted by atomic mass is 9.78. The molecule has 0 saturated carbocycles. The number of carbonyl (C=O) groups excluding carboxylic acids is 2. The molecule has 128 valence electrons. The van der Waals surface area contributed by atoms with Crippen LogP contribution in [0.15, 0.2) is 24.3 Å². The average molecular weight is 330 g/mol. The van der Waals surface area contributed by atoms with Crippen molar-refractivity contribution in [2.45, 2.75) is 25.8 Å². The Morgan fingerprint density at radius 2 is 1.79 bits per heavy atom. The van der Waals surface area contributed by atoms with Crippen LogP contribution in [0.1, 0.15) is 25.1 Å². The normalized spacial score (nSPS) is 16.6. The van der Waals surface area contributed by atoms with E-state index in [2.05, 4.69) is 4.98 Å². The molecule has 0 radical (unpaired) electrons. The number of H-pyrrole nitrogens is 1. The van der Waals surface area contributed by atoms with Crippen LogP contribution in [0, 0.1) is 0 Å². The number of hydrogen-bond donors (Lipinski definition) is 1. The third-order valence-corrected chi connectivity index (χ3v) is 4.42. The summed E-state index contributed by atoms with van der Waals surface area (Å²) in [5.74, 6) is -1.13. The summed E-state index contributed by atoms with van der Waals surface area (Å²) in [5.41, 5.74) is 0.961. The summed E-state index contributed by atoms with van der Waals surface area (Å²) in [4.78, 5) is 30.9. The van der Waals surface area contributed by atoms with E-state index in [9.17, 15) is 9.59 Å². The molecule has 1 aliphatic rings. The van der Waals surface area contributed by atoms with Crippen molar-refractivity contribution < 1.29 is 19.1 Å². The van der Waals surface area contributed by atoms with Crippen LogP contribution in [-0.2, 0) is 31.0 Å². The van der Waals surface area contributed by atoms with Gasteiger partial charge in [0.15, 0.2) is 0 Å². The van der Waals surface area contributed by atoms with Crippen LogP contribution in [0.4, 0.5) is 0 Å². The molecule has 6 heteroatoms. The van der Waals surface area contributed by atoms with Gasteiger partial charge in [-0.2, -0.15) is 0 Å². The smallest absolute Gasteiger partial charge is 0.331 e. The Hall–Kier alpha value is -2.34. The molecule has 1 aromatic heterocycles. The molecule has 3 rings (SSSR count). The summed E-state index contributed by atoms with van der Waals surface area (Å²) in [6, 6.07) is 7.80. The van der Waals surface area contributed by atoms with Crippen LogP contribution in [0.5, 0.6) is 0 Å². The van der Waals surface area contributed by atoms with Gasteiger partial charge >= 0.3 is 11.9 Å². The summed E-state index contributed by atoms with van der Waals surface area (Å²) in [5, 5.41) is 1.01. The lowest BCUT2D eigenvalue weighted by molar-refractivity contribution is -0.166. The highest BCUT2D eigenvalue weighted by Gasteiger charge is 2.55. The van der Waals surface area contributed by atoms with Crippen LogP contribution in [-0.4, -0.2) is 48.6 Å². The third-order valence-electron chi connectivity index (χ3n) is 4.42. The Balaban J connectivity index is 2.26. The first-order chi connectivity index (χ1) is 11.5. The van der Waals surface area contributed by atoms with Crippen LogP contribution in [0.3, 0.4) is 0 Å². The maximum Gasteiger partial charge on any atom is 0.331 e. The van der Waals surface area contributed by atoms with E-state index in [0.717, 1.165) is 16.5 Å². The molecule has 1 aromatic carbocycles. The van der Waals surface area contributed by atoms with E-state index in [1.165, 1.54) is 0 Å². The molecule has 2 heterocycles. The van der Waals surface area contributed by atoms with E-state index in [4.69, 9.17) is 9.47 Å². The topological polar surface area (TPSA) is 71.6 Å². The predicted molar refractivity (Wildman–Crippen MR) is 89.6 cm³/mol. The van der Waals surface area contributed by atoms with Crippen molar-refractivity contribution >= 4 is 22.8 Å². The molecule has 1 N–H and O–H groups in total. The number of nitrogens with zero attached hydrogens (tertiary/aromatic N) is 1. The fourth-order valence-electron chi connectivity index (χ4n) is 3.46. The fraction of sp³-hybridized carbons (Fsp3) is 0.444. The fourth-order valence-corrected chi connectivity index (χ4v) is 3.46. The number of ether oxygens (including phenoxy) is 2. The number of esters is 2. The predicted octanol–water partition coefficient (Wildman–Crippen LogP) is 1.98. The standard InChI is InChI=1S/C18H22N2O4/c1-4-23-16(21)18(17(22)24-5-2)11-20(3)10-13-12-8-6-7-9-14(12)19-15(13)18/h6-9,19H,4-5,10-11H2,1-3H3. The molecule has 0 aliphatic carbocycles. The van der Waals surface area contributed by atoms with E-state index in [0.29, 0.717) is 12.2 Å². The first-order valence-corrected chi connectivity index (χ1v) is 8.17. The second-order valence-electron chi connectivity index (χ2n) is 6.04. The number of carbonyl (C=O) groups is 2. The van der Waals surface area contributed by atoms with Crippen LogP contribution >= 0.6 is 0 Å². The number of rotatable bonds is 4. The van der Waals surface area contributed by atoms with Gasteiger partial charge < -0.3 is 14.5 Å². The lowest BCUT2D eigenvalue weighted by Crippen LogP contribution is -2.56. The number of likely N-dealkylation sites (N-methyl/N-ethyl adjacent to an activating group) is 1. The van der Waals surface area contributed by atoms with Gasteiger partial charge in [-0.15, -0.1) is 0 Å². The minimum atomic E-state index is -1.48.